The SMILES string of the molecule is COc1cc(/C=C/C(=O)Nc2ccc3nc(C4CCCO4)[nH]c3c2)cc(Cl)c1OC(C)C. The molecule has 1 aliphatic rings. The highest BCUT2D eigenvalue weighted by molar-refractivity contribution is 6.32. The van der Waals surface area contributed by atoms with Gasteiger partial charge in [0.2, 0.25) is 5.91 Å². The lowest BCUT2D eigenvalue weighted by molar-refractivity contribution is -0.111. The fourth-order valence-corrected chi connectivity index (χ4v) is 3.86. The molecule has 1 aromatic heterocycles. The first-order chi connectivity index (χ1) is 15.4. The number of rotatable bonds is 7. The zero-order valence-corrected chi connectivity index (χ0v) is 19.0. The van der Waals surface area contributed by atoms with E-state index in [1.54, 1.807) is 25.3 Å². The molecule has 32 heavy (non-hydrogen) atoms. The van der Waals surface area contributed by atoms with Crippen molar-refractivity contribution < 1.29 is 19.0 Å². The number of nitrogens with zero attached hydrogens (tertiary/aromatic N) is 1. The van der Waals surface area contributed by atoms with Gasteiger partial charge in [-0.05, 0) is 68.7 Å². The van der Waals surface area contributed by atoms with E-state index in [9.17, 15) is 4.79 Å². The van der Waals surface area contributed by atoms with E-state index in [4.69, 9.17) is 25.8 Å². The number of methoxy groups -OCH3 is 1. The summed E-state index contributed by atoms with van der Waals surface area (Å²) in [6, 6.07) is 9.07. The van der Waals surface area contributed by atoms with E-state index in [1.807, 2.05) is 32.0 Å². The largest absolute Gasteiger partial charge is 0.493 e. The van der Waals surface area contributed by atoms with Crippen molar-refractivity contribution in [1.29, 1.82) is 0 Å². The minimum absolute atomic E-state index is 0.0181. The number of fused-ring (bicyclic) bond motifs is 1. The predicted octanol–water partition coefficient (Wildman–Crippen LogP) is 5.52. The van der Waals surface area contributed by atoms with Crippen LogP contribution >= 0.6 is 11.6 Å². The Balaban J connectivity index is 1.46. The standard InChI is InChI=1S/C24H26ClN3O4/c1-14(2)32-23-17(25)11-15(12-21(23)30-3)6-9-22(29)26-16-7-8-18-19(13-16)28-24(27-18)20-5-4-10-31-20/h6-9,11-14,20H,4-5,10H2,1-3H3,(H,26,29)(H,27,28)/b9-6+. The Morgan fingerprint density at radius 2 is 2.19 bits per heavy atom. The van der Waals surface area contributed by atoms with Gasteiger partial charge in [0, 0.05) is 18.4 Å². The van der Waals surface area contributed by atoms with Gasteiger partial charge in [0.05, 0.1) is 29.3 Å². The maximum absolute atomic E-state index is 12.5. The Morgan fingerprint density at radius 3 is 2.91 bits per heavy atom. The number of ether oxygens (including phenoxy) is 3. The quantitative estimate of drug-likeness (QED) is 0.458. The first kappa shape index (κ1) is 22.2. The van der Waals surface area contributed by atoms with Crippen LogP contribution in [-0.4, -0.2) is 35.7 Å². The van der Waals surface area contributed by atoms with Crippen molar-refractivity contribution in [2.45, 2.75) is 38.9 Å². The molecule has 0 radical (unpaired) electrons. The summed E-state index contributed by atoms with van der Waals surface area (Å²) in [5, 5.41) is 3.29. The van der Waals surface area contributed by atoms with E-state index in [1.165, 1.54) is 6.08 Å². The summed E-state index contributed by atoms with van der Waals surface area (Å²) in [7, 11) is 1.55. The highest BCUT2D eigenvalue weighted by atomic mass is 35.5. The molecule has 1 amide bonds. The van der Waals surface area contributed by atoms with Crippen LogP contribution in [0.15, 0.2) is 36.4 Å². The topological polar surface area (TPSA) is 85.5 Å². The second kappa shape index (κ2) is 9.63. The van der Waals surface area contributed by atoms with Gasteiger partial charge < -0.3 is 24.5 Å². The number of imidazole rings is 1. The van der Waals surface area contributed by atoms with Crippen molar-refractivity contribution in [2.24, 2.45) is 0 Å². The first-order valence-electron chi connectivity index (χ1n) is 10.6. The number of aromatic nitrogens is 2. The van der Waals surface area contributed by atoms with Gasteiger partial charge >= 0.3 is 0 Å². The average molecular weight is 456 g/mol. The molecular formula is C24H26ClN3O4. The molecule has 0 spiro atoms. The predicted molar refractivity (Wildman–Crippen MR) is 125 cm³/mol. The maximum atomic E-state index is 12.5. The van der Waals surface area contributed by atoms with Crippen LogP contribution in [0.4, 0.5) is 5.69 Å². The summed E-state index contributed by atoms with van der Waals surface area (Å²) in [4.78, 5) is 20.4. The molecule has 1 atom stereocenters. The number of benzene rings is 2. The van der Waals surface area contributed by atoms with Gasteiger partial charge in [-0.3, -0.25) is 4.79 Å². The van der Waals surface area contributed by atoms with Gasteiger partial charge in [0.15, 0.2) is 11.5 Å². The first-order valence-corrected chi connectivity index (χ1v) is 10.9. The Hall–Kier alpha value is -3.03. The summed E-state index contributed by atoms with van der Waals surface area (Å²) < 4.78 is 16.8. The summed E-state index contributed by atoms with van der Waals surface area (Å²) >= 11 is 6.35. The minimum atomic E-state index is -0.263. The second-order valence-corrected chi connectivity index (χ2v) is 8.29. The number of nitrogens with one attached hydrogen (secondary N) is 2. The molecule has 2 N–H and O–H groups in total. The molecule has 0 saturated carbocycles. The number of H-pyrrole nitrogens is 1. The van der Waals surface area contributed by atoms with Gasteiger partial charge in [0.25, 0.3) is 0 Å². The third-order valence-electron chi connectivity index (χ3n) is 5.03. The highest BCUT2D eigenvalue weighted by Gasteiger charge is 2.21. The third kappa shape index (κ3) is 5.06. The van der Waals surface area contributed by atoms with Gasteiger partial charge in [0.1, 0.15) is 11.9 Å². The Morgan fingerprint density at radius 1 is 1.34 bits per heavy atom. The number of amides is 1. The lowest BCUT2D eigenvalue weighted by atomic mass is 10.1. The number of carbonyl (C=O) groups is 1. The van der Waals surface area contributed by atoms with Crippen molar-refractivity contribution in [3.63, 3.8) is 0 Å². The number of hydrogen-bond donors (Lipinski definition) is 2. The van der Waals surface area contributed by atoms with Crippen molar-refractivity contribution in [3.05, 3.63) is 52.8 Å². The zero-order valence-electron chi connectivity index (χ0n) is 18.3. The van der Waals surface area contributed by atoms with Crippen LogP contribution < -0.4 is 14.8 Å². The van der Waals surface area contributed by atoms with E-state index >= 15 is 0 Å². The fourth-order valence-electron chi connectivity index (χ4n) is 3.59. The lowest BCUT2D eigenvalue weighted by Crippen LogP contribution is -2.08. The van der Waals surface area contributed by atoms with E-state index in [0.717, 1.165) is 41.9 Å². The van der Waals surface area contributed by atoms with E-state index in [0.29, 0.717) is 22.2 Å². The number of hydrogen-bond acceptors (Lipinski definition) is 5. The van der Waals surface area contributed by atoms with Crippen LogP contribution in [0.3, 0.4) is 0 Å². The summed E-state index contributed by atoms with van der Waals surface area (Å²) in [6.45, 7) is 4.59. The van der Waals surface area contributed by atoms with Gasteiger partial charge in [-0.2, -0.15) is 0 Å². The van der Waals surface area contributed by atoms with Crippen LogP contribution in [0.2, 0.25) is 5.02 Å². The molecule has 0 bridgehead atoms. The van der Waals surface area contributed by atoms with E-state index < -0.39 is 0 Å². The maximum Gasteiger partial charge on any atom is 0.248 e. The molecule has 4 rings (SSSR count). The molecule has 8 heteroatoms. The molecule has 3 aromatic rings. The van der Waals surface area contributed by atoms with Gasteiger partial charge in [-0.1, -0.05) is 11.6 Å². The Kier molecular flexibility index (Phi) is 6.67. The minimum Gasteiger partial charge on any atom is -0.493 e. The summed E-state index contributed by atoms with van der Waals surface area (Å²) in [6.07, 6.45) is 5.11. The highest BCUT2D eigenvalue weighted by Crippen LogP contribution is 2.37. The molecule has 1 unspecified atom stereocenters. The molecule has 1 saturated heterocycles. The number of anilines is 1. The van der Waals surface area contributed by atoms with Crippen molar-refractivity contribution in [2.75, 3.05) is 19.0 Å². The van der Waals surface area contributed by atoms with Crippen LogP contribution in [0.5, 0.6) is 11.5 Å². The van der Waals surface area contributed by atoms with Crippen LogP contribution in [0, 0.1) is 0 Å². The van der Waals surface area contributed by atoms with E-state index in [2.05, 4.69) is 15.3 Å². The molecule has 1 fully saturated rings. The summed E-state index contributed by atoms with van der Waals surface area (Å²) in [5.41, 5.74) is 3.10. The fraction of sp³-hybridized carbons (Fsp3) is 0.333. The zero-order chi connectivity index (χ0) is 22.7. The third-order valence-corrected chi connectivity index (χ3v) is 5.32. The Labute approximate surface area is 191 Å². The van der Waals surface area contributed by atoms with Crippen molar-refractivity contribution in [3.8, 4) is 11.5 Å². The number of carbonyl (C=O) groups excluding carboxylic acids is 1. The van der Waals surface area contributed by atoms with Crippen LogP contribution in [0.1, 0.15) is 44.2 Å². The van der Waals surface area contributed by atoms with Gasteiger partial charge in [-0.25, -0.2) is 4.98 Å². The summed E-state index contributed by atoms with van der Waals surface area (Å²) in [5.74, 6) is 1.57. The smallest absolute Gasteiger partial charge is 0.248 e. The van der Waals surface area contributed by atoms with Crippen LogP contribution in [0.25, 0.3) is 17.1 Å². The molecule has 7 nitrogen and oxygen atoms in total. The molecule has 2 heterocycles. The van der Waals surface area contributed by atoms with Crippen LogP contribution in [-0.2, 0) is 9.53 Å². The number of aromatic amines is 1. The molecular weight excluding hydrogens is 430 g/mol. The molecule has 0 aliphatic carbocycles. The molecule has 2 aromatic carbocycles. The normalized spacial score (nSPS) is 16.2. The van der Waals surface area contributed by atoms with Crippen molar-refractivity contribution >= 4 is 40.3 Å². The number of halogens is 1. The molecule has 1 aliphatic heterocycles. The van der Waals surface area contributed by atoms with Gasteiger partial charge in [-0.15, -0.1) is 0 Å². The molecule has 168 valence electrons. The van der Waals surface area contributed by atoms with E-state index in [-0.39, 0.29) is 18.1 Å². The van der Waals surface area contributed by atoms with Crippen molar-refractivity contribution in [1.82, 2.24) is 9.97 Å². The lowest BCUT2D eigenvalue weighted by Gasteiger charge is -2.15. The Bertz CT molecular complexity index is 1150. The average Bonchev–Trinajstić information content (AvgIpc) is 3.43. The monoisotopic (exact) mass is 455 g/mol. The second-order valence-electron chi connectivity index (χ2n) is 7.88.